The Bertz CT molecular complexity index is 1210. The SMILES string of the molecule is CCOC(=O)[C@H](Cc1ccccc1)NC(=O)CCNC(=O)C1CCC2CN(CCC3CCN(C(=O)OC(C)(C)C)CC3)C(=O)C2C1. The summed E-state index contributed by atoms with van der Waals surface area (Å²) < 4.78 is 10.6. The first-order valence-electron chi connectivity index (χ1n) is 17.0. The zero-order valence-electron chi connectivity index (χ0n) is 27.9. The van der Waals surface area contributed by atoms with Crippen LogP contribution in [0.1, 0.15) is 78.2 Å². The van der Waals surface area contributed by atoms with Crippen LogP contribution in [0.15, 0.2) is 30.3 Å². The third-order valence-corrected chi connectivity index (χ3v) is 9.36. The van der Waals surface area contributed by atoms with Crippen LogP contribution in [-0.2, 0) is 35.1 Å². The minimum absolute atomic E-state index is 0.0403. The van der Waals surface area contributed by atoms with Crippen LogP contribution < -0.4 is 10.6 Å². The highest BCUT2D eigenvalue weighted by Gasteiger charge is 2.45. The number of hydrogen-bond acceptors (Lipinski definition) is 7. The molecule has 0 spiro atoms. The molecule has 1 aromatic carbocycles. The van der Waals surface area contributed by atoms with E-state index in [2.05, 4.69) is 10.6 Å². The fourth-order valence-electron chi connectivity index (χ4n) is 6.87. The van der Waals surface area contributed by atoms with Gasteiger partial charge in [-0.2, -0.15) is 0 Å². The normalized spacial score (nSPS) is 22.5. The van der Waals surface area contributed by atoms with Gasteiger partial charge in [0, 0.05) is 57.4 Å². The predicted molar refractivity (Wildman–Crippen MR) is 172 cm³/mol. The zero-order valence-corrected chi connectivity index (χ0v) is 27.9. The van der Waals surface area contributed by atoms with Crippen molar-refractivity contribution in [3.8, 4) is 0 Å². The van der Waals surface area contributed by atoms with E-state index in [0.29, 0.717) is 38.4 Å². The molecule has 3 fully saturated rings. The Kier molecular flexibility index (Phi) is 12.5. The Morgan fingerprint density at radius 3 is 2.41 bits per heavy atom. The highest BCUT2D eigenvalue weighted by atomic mass is 16.6. The summed E-state index contributed by atoms with van der Waals surface area (Å²) in [5.41, 5.74) is 0.404. The number of piperidine rings is 1. The van der Waals surface area contributed by atoms with Crippen LogP contribution in [0.5, 0.6) is 0 Å². The summed E-state index contributed by atoms with van der Waals surface area (Å²) in [6.45, 7) is 10.5. The zero-order chi connectivity index (χ0) is 33.3. The molecule has 2 saturated heterocycles. The van der Waals surface area contributed by atoms with Crippen LogP contribution in [0.3, 0.4) is 0 Å². The lowest BCUT2D eigenvalue weighted by Gasteiger charge is -2.34. The summed E-state index contributed by atoms with van der Waals surface area (Å²) in [4.78, 5) is 67.6. The van der Waals surface area contributed by atoms with Crippen molar-refractivity contribution in [2.45, 2.75) is 90.7 Å². The van der Waals surface area contributed by atoms with E-state index in [0.717, 1.165) is 44.2 Å². The van der Waals surface area contributed by atoms with Crippen molar-refractivity contribution in [2.75, 3.05) is 39.3 Å². The van der Waals surface area contributed by atoms with E-state index in [1.807, 2.05) is 56.0 Å². The van der Waals surface area contributed by atoms with Gasteiger partial charge in [-0.25, -0.2) is 9.59 Å². The van der Waals surface area contributed by atoms with Gasteiger partial charge in [-0.05, 0) is 83.6 Å². The third-order valence-electron chi connectivity index (χ3n) is 9.36. The maximum Gasteiger partial charge on any atom is 0.410 e. The first-order valence-corrected chi connectivity index (χ1v) is 17.0. The van der Waals surface area contributed by atoms with Crippen molar-refractivity contribution in [2.24, 2.45) is 23.7 Å². The van der Waals surface area contributed by atoms with E-state index in [4.69, 9.17) is 9.47 Å². The van der Waals surface area contributed by atoms with Crippen molar-refractivity contribution in [3.05, 3.63) is 35.9 Å². The highest BCUT2D eigenvalue weighted by Crippen LogP contribution is 2.40. The number of fused-ring (bicyclic) bond motifs is 1. The van der Waals surface area contributed by atoms with Gasteiger partial charge < -0.3 is 29.9 Å². The Hall–Kier alpha value is -3.63. The van der Waals surface area contributed by atoms with Crippen molar-refractivity contribution >= 4 is 29.8 Å². The van der Waals surface area contributed by atoms with Gasteiger partial charge in [0.05, 0.1) is 6.61 Å². The second-order valence-electron chi connectivity index (χ2n) is 14.0. The number of likely N-dealkylation sites (tertiary alicyclic amines) is 2. The fourth-order valence-corrected chi connectivity index (χ4v) is 6.87. The lowest BCUT2D eigenvalue weighted by atomic mass is 9.75. The van der Waals surface area contributed by atoms with Crippen LogP contribution in [0.4, 0.5) is 4.79 Å². The van der Waals surface area contributed by atoms with Crippen LogP contribution in [0, 0.1) is 23.7 Å². The highest BCUT2D eigenvalue weighted by molar-refractivity contribution is 5.86. The molecule has 0 bridgehead atoms. The molecule has 4 atom stereocenters. The lowest BCUT2D eigenvalue weighted by Crippen LogP contribution is -2.44. The van der Waals surface area contributed by atoms with Gasteiger partial charge >= 0.3 is 12.1 Å². The van der Waals surface area contributed by atoms with E-state index < -0.39 is 17.6 Å². The molecule has 46 heavy (non-hydrogen) atoms. The minimum atomic E-state index is -0.804. The number of carbonyl (C=O) groups is 5. The number of hydrogen-bond donors (Lipinski definition) is 2. The molecule has 3 aliphatic rings. The molecule has 3 unspecified atom stereocenters. The average molecular weight is 641 g/mol. The lowest BCUT2D eigenvalue weighted by molar-refractivity contribution is -0.147. The molecule has 4 rings (SSSR count). The molecule has 2 aliphatic heterocycles. The van der Waals surface area contributed by atoms with E-state index in [1.165, 1.54) is 0 Å². The quantitative estimate of drug-likeness (QED) is 0.333. The number of nitrogens with zero attached hydrogens (tertiary/aromatic N) is 2. The maximum absolute atomic E-state index is 13.3. The van der Waals surface area contributed by atoms with E-state index >= 15 is 0 Å². The fraction of sp³-hybridized carbons (Fsp3) is 0.686. The molecule has 2 heterocycles. The van der Waals surface area contributed by atoms with Gasteiger partial charge in [-0.3, -0.25) is 14.4 Å². The third kappa shape index (κ3) is 10.2. The first kappa shape index (κ1) is 35.2. The minimum Gasteiger partial charge on any atom is -0.464 e. The summed E-state index contributed by atoms with van der Waals surface area (Å²) >= 11 is 0. The Balaban J connectivity index is 1.16. The Labute approximate surface area is 273 Å². The first-order chi connectivity index (χ1) is 21.9. The number of nitrogens with one attached hydrogen (secondary N) is 2. The van der Waals surface area contributed by atoms with E-state index in [9.17, 15) is 24.0 Å². The monoisotopic (exact) mass is 640 g/mol. The number of amides is 4. The number of benzene rings is 1. The molecule has 11 nitrogen and oxygen atoms in total. The van der Waals surface area contributed by atoms with Crippen LogP contribution in [-0.4, -0.2) is 90.6 Å². The molecular formula is C35H52N4O7. The Morgan fingerprint density at radius 1 is 1.02 bits per heavy atom. The van der Waals surface area contributed by atoms with Crippen molar-refractivity contribution in [3.63, 3.8) is 0 Å². The second-order valence-corrected chi connectivity index (χ2v) is 14.0. The van der Waals surface area contributed by atoms with Gasteiger partial charge in [-0.15, -0.1) is 0 Å². The smallest absolute Gasteiger partial charge is 0.410 e. The number of esters is 1. The number of rotatable bonds is 12. The number of ether oxygens (including phenoxy) is 2. The summed E-state index contributed by atoms with van der Waals surface area (Å²) in [5.74, 6) is -0.441. The van der Waals surface area contributed by atoms with E-state index in [1.54, 1.807) is 11.8 Å². The van der Waals surface area contributed by atoms with Gasteiger partial charge in [0.25, 0.3) is 0 Å². The Morgan fingerprint density at radius 2 is 1.74 bits per heavy atom. The van der Waals surface area contributed by atoms with Gasteiger partial charge in [0.2, 0.25) is 17.7 Å². The van der Waals surface area contributed by atoms with Gasteiger partial charge in [0.1, 0.15) is 11.6 Å². The summed E-state index contributed by atoms with van der Waals surface area (Å²) in [7, 11) is 0. The molecule has 1 aromatic rings. The van der Waals surface area contributed by atoms with Crippen LogP contribution in [0.25, 0.3) is 0 Å². The van der Waals surface area contributed by atoms with Crippen molar-refractivity contribution in [1.29, 1.82) is 0 Å². The van der Waals surface area contributed by atoms with Gasteiger partial charge in [0.15, 0.2) is 0 Å². The molecule has 4 amide bonds. The largest absolute Gasteiger partial charge is 0.464 e. The predicted octanol–water partition coefficient (Wildman–Crippen LogP) is 3.70. The van der Waals surface area contributed by atoms with E-state index in [-0.39, 0.29) is 61.1 Å². The molecule has 11 heteroatoms. The van der Waals surface area contributed by atoms with Crippen molar-refractivity contribution < 1.29 is 33.4 Å². The van der Waals surface area contributed by atoms with Crippen LogP contribution >= 0.6 is 0 Å². The molecule has 254 valence electrons. The topological polar surface area (TPSA) is 134 Å². The molecule has 1 aliphatic carbocycles. The standard InChI is InChI=1S/C35H52N4O7/c1-5-45-33(43)29(21-25-9-7-6-8-10-25)37-30(40)13-17-36-31(41)26-11-12-27-23-39(32(42)28(27)22-26)20-16-24-14-18-38(19-15-24)34(44)46-35(2,3)4/h6-10,24,26-29H,5,11-23H2,1-4H3,(H,36,41)(H,37,40)/t26?,27?,28?,29-/m0/s1. The molecule has 0 radical (unpaired) electrons. The second kappa shape index (κ2) is 16.3. The molecule has 1 saturated carbocycles. The summed E-state index contributed by atoms with van der Waals surface area (Å²) in [6.07, 6.45) is 4.94. The molecule has 2 N–H and O–H groups in total. The average Bonchev–Trinajstić information content (AvgIpc) is 3.34. The van der Waals surface area contributed by atoms with Gasteiger partial charge in [-0.1, -0.05) is 30.3 Å². The molecular weight excluding hydrogens is 588 g/mol. The summed E-state index contributed by atoms with van der Waals surface area (Å²) in [6, 6.07) is 8.61. The van der Waals surface area contributed by atoms with Crippen LogP contribution in [0.2, 0.25) is 0 Å². The van der Waals surface area contributed by atoms with Crippen molar-refractivity contribution in [1.82, 2.24) is 20.4 Å². The molecule has 0 aromatic heterocycles. The summed E-state index contributed by atoms with van der Waals surface area (Å²) in [5, 5.41) is 5.64. The maximum atomic E-state index is 13.3. The number of carbonyl (C=O) groups excluding carboxylic acids is 5.